The Morgan fingerprint density at radius 1 is 1.00 bits per heavy atom. The second-order valence-corrected chi connectivity index (χ2v) is 6.73. The maximum absolute atomic E-state index is 13.6. The van der Waals surface area contributed by atoms with E-state index in [1.54, 1.807) is 19.9 Å². The fourth-order valence-electron chi connectivity index (χ4n) is 2.07. The molecule has 2 aromatic rings. The SMILES string of the molecule is CCOc1ccc(S(=O)(=O)Nc2ccc(C)c(F)c2)cc1OCC. The second-order valence-electron chi connectivity index (χ2n) is 5.04. The molecule has 5 nitrogen and oxygen atoms in total. The van der Waals surface area contributed by atoms with Gasteiger partial charge < -0.3 is 9.47 Å². The zero-order valence-electron chi connectivity index (χ0n) is 13.8. The molecule has 0 radical (unpaired) electrons. The van der Waals surface area contributed by atoms with Gasteiger partial charge in [0, 0.05) is 6.07 Å². The molecule has 0 atom stereocenters. The largest absolute Gasteiger partial charge is 0.490 e. The number of halogens is 1. The second kappa shape index (κ2) is 7.53. The average molecular weight is 353 g/mol. The first-order chi connectivity index (χ1) is 11.4. The lowest BCUT2D eigenvalue weighted by atomic mass is 10.2. The van der Waals surface area contributed by atoms with Crippen molar-refractivity contribution < 1.29 is 22.3 Å². The first-order valence-corrected chi connectivity index (χ1v) is 9.04. The van der Waals surface area contributed by atoms with Crippen LogP contribution in [0.2, 0.25) is 0 Å². The van der Waals surface area contributed by atoms with E-state index in [1.165, 1.54) is 24.3 Å². The maximum atomic E-state index is 13.6. The van der Waals surface area contributed by atoms with Crippen LogP contribution in [0.3, 0.4) is 0 Å². The number of anilines is 1. The Kier molecular flexibility index (Phi) is 5.66. The summed E-state index contributed by atoms with van der Waals surface area (Å²) in [7, 11) is -3.87. The molecule has 0 spiro atoms. The minimum Gasteiger partial charge on any atom is -0.490 e. The Labute approximate surface area is 141 Å². The lowest BCUT2D eigenvalue weighted by Gasteiger charge is -2.13. The summed E-state index contributed by atoms with van der Waals surface area (Å²) >= 11 is 0. The molecule has 130 valence electrons. The van der Waals surface area contributed by atoms with E-state index in [4.69, 9.17) is 9.47 Å². The van der Waals surface area contributed by atoms with Gasteiger partial charge in [0.2, 0.25) is 0 Å². The van der Waals surface area contributed by atoms with Crippen LogP contribution in [0.25, 0.3) is 0 Å². The van der Waals surface area contributed by atoms with Gasteiger partial charge in [0.15, 0.2) is 11.5 Å². The standard InChI is InChI=1S/C17H20FNO4S/c1-4-22-16-9-8-14(11-17(16)23-5-2)24(20,21)19-13-7-6-12(3)15(18)10-13/h6-11,19H,4-5H2,1-3H3. The van der Waals surface area contributed by atoms with Crippen LogP contribution in [-0.2, 0) is 10.0 Å². The highest BCUT2D eigenvalue weighted by molar-refractivity contribution is 7.92. The Balaban J connectivity index is 2.34. The Morgan fingerprint density at radius 3 is 2.29 bits per heavy atom. The van der Waals surface area contributed by atoms with Crippen molar-refractivity contribution in [2.24, 2.45) is 0 Å². The van der Waals surface area contributed by atoms with Crippen molar-refractivity contribution in [3.05, 3.63) is 47.8 Å². The van der Waals surface area contributed by atoms with Gasteiger partial charge in [-0.1, -0.05) is 6.07 Å². The maximum Gasteiger partial charge on any atom is 0.262 e. The summed E-state index contributed by atoms with van der Waals surface area (Å²) in [6.07, 6.45) is 0. The van der Waals surface area contributed by atoms with E-state index in [0.29, 0.717) is 30.3 Å². The molecule has 0 aromatic heterocycles. The highest BCUT2D eigenvalue weighted by Crippen LogP contribution is 2.31. The molecule has 0 fully saturated rings. The minimum atomic E-state index is -3.87. The molecule has 0 aliphatic rings. The number of ether oxygens (including phenoxy) is 2. The van der Waals surface area contributed by atoms with Crippen molar-refractivity contribution in [3.63, 3.8) is 0 Å². The highest BCUT2D eigenvalue weighted by Gasteiger charge is 2.18. The van der Waals surface area contributed by atoms with Crippen LogP contribution in [0.15, 0.2) is 41.3 Å². The Bertz CT molecular complexity index is 821. The van der Waals surface area contributed by atoms with Crippen LogP contribution in [0.4, 0.5) is 10.1 Å². The van der Waals surface area contributed by atoms with Gasteiger partial charge in [-0.2, -0.15) is 0 Å². The molecule has 2 aromatic carbocycles. The van der Waals surface area contributed by atoms with Crippen LogP contribution in [0, 0.1) is 12.7 Å². The topological polar surface area (TPSA) is 64.6 Å². The molecule has 0 heterocycles. The van der Waals surface area contributed by atoms with Crippen LogP contribution >= 0.6 is 0 Å². The summed E-state index contributed by atoms with van der Waals surface area (Å²) in [4.78, 5) is 0.00962. The normalized spacial score (nSPS) is 11.2. The van der Waals surface area contributed by atoms with E-state index >= 15 is 0 Å². The molecule has 7 heteroatoms. The van der Waals surface area contributed by atoms with Crippen molar-refractivity contribution in [1.29, 1.82) is 0 Å². The summed E-state index contributed by atoms with van der Waals surface area (Å²) in [5.74, 6) is 0.342. The number of nitrogens with one attached hydrogen (secondary N) is 1. The zero-order valence-corrected chi connectivity index (χ0v) is 14.6. The van der Waals surface area contributed by atoms with Gasteiger partial charge >= 0.3 is 0 Å². The van der Waals surface area contributed by atoms with Crippen molar-refractivity contribution >= 4 is 15.7 Å². The third kappa shape index (κ3) is 4.17. The molecule has 0 aliphatic carbocycles. The van der Waals surface area contributed by atoms with Gasteiger partial charge in [-0.15, -0.1) is 0 Å². The molecule has 0 bridgehead atoms. The third-order valence-corrected chi connectivity index (χ3v) is 4.63. The molecule has 0 saturated heterocycles. The number of rotatable bonds is 7. The minimum absolute atomic E-state index is 0.00962. The summed E-state index contributed by atoms with van der Waals surface area (Å²) in [5.41, 5.74) is 0.600. The van der Waals surface area contributed by atoms with E-state index in [9.17, 15) is 12.8 Å². The predicted molar refractivity (Wildman–Crippen MR) is 90.7 cm³/mol. The fraction of sp³-hybridized carbons (Fsp3) is 0.294. The van der Waals surface area contributed by atoms with E-state index in [0.717, 1.165) is 6.07 Å². The molecule has 0 unspecified atom stereocenters. The van der Waals surface area contributed by atoms with Crippen molar-refractivity contribution in [3.8, 4) is 11.5 Å². The van der Waals surface area contributed by atoms with Gasteiger partial charge in [0.1, 0.15) is 5.82 Å². The molecule has 2 rings (SSSR count). The molecule has 0 saturated carbocycles. The molecule has 1 N–H and O–H groups in total. The highest BCUT2D eigenvalue weighted by atomic mass is 32.2. The number of hydrogen-bond acceptors (Lipinski definition) is 4. The summed E-state index contributed by atoms with van der Waals surface area (Å²) in [6, 6.07) is 8.51. The average Bonchev–Trinajstić information content (AvgIpc) is 2.53. The van der Waals surface area contributed by atoms with E-state index in [-0.39, 0.29) is 10.6 Å². The lowest BCUT2D eigenvalue weighted by molar-refractivity contribution is 0.287. The number of sulfonamides is 1. The number of aryl methyl sites for hydroxylation is 1. The number of benzene rings is 2. The smallest absolute Gasteiger partial charge is 0.262 e. The number of hydrogen-bond donors (Lipinski definition) is 1. The molecular formula is C17H20FNO4S. The van der Waals surface area contributed by atoms with E-state index in [1.807, 2.05) is 6.92 Å². The van der Waals surface area contributed by atoms with Crippen LogP contribution in [-0.4, -0.2) is 21.6 Å². The fourth-order valence-corrected chi connectivity index (χ4v) is 3.13. The molecular weight excluding hydrogens is 333 g/mol. The predicted octanol–water partition coefficient (Wildman–Crippen LogP) is 3.73. The monoisotopic (exact) mass is 353 g/mol. The summed E-state index contributed by atoms with van der Waals surface area (Å²) in [6.45, 7) is 6.04. The first kappa shape index (κ1) is 18.1. The first-order valence-electron chi connectivity index (χ1n) is 7.56. The quantitative estimate of drug-likeness (QED) is 0.824. The van der Waals surface area contributed by atoms with E-state index in [2.05, 4.69) is 4.72 Å². The van der Waals surface area contributed by atoms with Crippen molar-refractivity contribution in [2.75, 3.05) is 17.9 Å². The van der Waals surface area contributed by atoms with Crippen LogP contribution in [0.1, 0.15) is 19.4 Å². The van der Waals surface area contributed by atoms with Crippen molar-refractivity contribution in [1.82, 2.24) is 0 Å². The van der Waals surface area contributed by atoms with Gasteiger partial charge in [-0.3, -0.25) is 4.72 Å². The van der Waals surface area contributed by atoms with Crippen LogP contribution < -0.4 is 14.2 Å². The Hall–Kier alpha value is -2.28. The molecule has 24 heavy (non-hydrogen) atoms. The van der Waals surface area contributed by atoms with Crippen molar-refractivity contribution in [2.45, 2.75) is 25.7 Å². The summed E-state index contributed by atoms with van der Waals surface area (Å²) in [5, 5.41) is 0. The summed E-state index contributed by atoms with van der Waals surface area (Å²) < 4.78 is 51.8. The zero-order chi connectivity index (χ0) is 17.7. The van der Waals surface area contributed by atoms with Gasteiger partial charge in [0.25, 0.3) is 10.0 Å². The molecule has 0 amide bonds. The lowest BCUT2D eigenvalue weighted by Crippen LogP contribution is -2.13. The molecule has 0 aliphatic heterocycles. The van der Waals surface area contributed by atoms with Gasteiger partial charge in [0.05, 0.1) is 23.8 Å². The van der Waals surface area contributed by atoms with E-state index < -0.39 is 15.8 Å². The van der Waals surface area contributed by atoms with Gasteiger partial charge in [-0.25, -0.2) is 12.8 Å². The Morgan fingerprint density at radius 2 is 1.67 bits per heavy atom. The van der Waals surface area contributed by atoms with Gasteiger partial charge in [-0.05, 0) is 50.6 Å². The third-order valence-electron chi connectivity index (χ3n) is 3.25. The van der Waals surface area contributed by atoms with Crippen LogP contribution in [0.5, 0.6) is 11.5 Å².